The number of rotatable bonds is 33. The Balaban J connectivity index is 1.70. The average Bonchev–Trinajstić information content (AvgIpc) is 3.02. The molecule has 1 aliphatic rings. The highest BCUT2D eigenvalue weighted by Gasteiger charge is 2.12. The first kappa shape index (κ1) is 35.1. The van der Waals surface area contributed by atoms with Crippen LogP contribution >= 0.6 is 0 Å². The van der Waals surface area contributed by atoms with Crippen LogP contribution in [0, 0.1) is 0 Å². The largest absolute Gasteiger partial charge is 0.353 e. The SMILES string of the molecule is [2H]/C(CCCCCCCCCCCCCCCCCCCCCCCCCCCCCC)=C(\[2H])CCOC1CCCCO1. The molecule has 0 N–H and O–H groups in total. The van der Waals surface area contributed by atoms with Gasteiger partial charge in [-0.15, -0.1) is 0 Å². The van der Waals surface area contributed by atoms with E-state index < -0.39 is 0 Å². The molecule has 0 aliphatic carbocycles. The molecule has 0 radical (unpaired) electrons. The molecule has 0 aromatic rings. The fourth-order valence-electron chi connectivity index (χ4n) is 6.14. The van der Waals surface area contributed by atoms with Gasteiger partial charge in [0.1, 0.15) is 0 Å². The van der Waals surface area contributed by atoms with Gasteiger partial charge in [-0.25, -0.2) is 0 Å². The Morgan fingerprint density at radius 1 is 0.512 bits per heavy atom. The molecule has 2 nitrogen and oxygen atoms in total. The molecule has 0 aromatic carbocycles. The molecule has 41 heavy (non-hydrogen) atoms. The van der Waals surface area contributed by atoms with Crippen LogP contribution in [0.25, 0.3) is 0 Å². The summed E-state index contributed by atoms with van der Waals surface area (Å²) in [5.41, 5.74) is 0. The number of allylic oxidation sites excluding steroid dienone is 1. The van der Waals surface area contributed by atoms with Gasteiger partial charge in [-0.3, -0.25) is 0 Å². The monoisotopic (exact) mass is 579 g/mol. The second kappa shape index (κ2) is 34.2. The van der Waals surface area contributed by atoms with Crippen LogP contribution in [0.1, 0.15) is 222 Å². The maximum atomic E-state index is 8.15. The highest BCUT2D eigenvalue weighted by molar-refractivity contribution is 4.81. The summed E-state index contributed by atoms with van der Waals surface area (Å²) in [5, 5.41) is 0. The van der Waals surface area contributed by atoms with E-state index in [1.54, 1.807) is 0 Å². The van der Waals surface area contributed by atoms with Crippen LogP contribution in [0.15, 0.2) is 12.1 Å². The van der Waals surface area contributed by atoms with Crippen LogP contribution < -0.4 is 0 Å². The van der Waals surface area contributed by atoms with Crippen molar-refractivity contribution in [1.82, 2.24) is 0 Å². The second-order valence-electron chi connectivity index (χ2n) is 13.1. The summed E-state index contributed by atoms with van der Waals surface area (Å²) in [5.74, 6) is 0. The van der Waals surface area contributed by atoms with Gasteiger partial charge in [0.05, 0.1) is 9.35 Å². The van der Waals surface area contributed by atoms with Crippen LogP contribution in [0.5, 0.6) is 0 Å². The van der Waals surface area contributed by atoms with E-state index in [9.17, 15) is 0 Å². The first-order valence-corrected chi connectivity index (χ1v) is 19.1. The summed E-state index contributed by atoms with van der Waals surface area (Å²) in [6.07, 6.45) is 44.1. The van der Waals surface area contributed by atoms with Gasteiger partial charge in [-0.2, -0.15) is 0 Å². The van der Waals surface area contributed by atoms with Gasteiger partial charge in [0.25, 0.3) is 0 Å². The van der Waals surface area contributed by atoms with Crippen molar-refractivity contribution >= 4 is 0 Å². The zero-order valence-corrected chi connectivity index (χ0v) is 28.1. The predicted octanol–water partition coefficient (Wildman–Crippen LogP) is 13.8. The molecule has 1 unspecified atom stereocenters. The molecule has 1 heterocycles. The van der Waals surface area contributed by atoms with Crippen molar-refractivity contribution in [2.45, 2.75) is 225 Å². The van der Waals surface area contributed by atoms with Crippen molar-refractivity contribution in [1.29, 1.82) is 0 Å². The molecule has 1 atom stereocenters. The van der Waals surface area contributed by atoms with Crippen LogP contribution in [0.2, 0.25) is 0 Å². The van der Waals surface area contributed by atoms with E-state index in [0.717, 1.165) is 38.7 Å². The van der Waals surface area contributed by atoms with Crippen molar-refractivity contribution in [2.75, 3.05) is 13.2 Å². The van der Waals surface area contributed by atoms with E-state index in [1.807, 2.05) is 0 Å². The second-order valence-corrected chi connectivity index (χ2v) is 13.1. The summed E-state index contributed by atoms with van der Waals surface area (Å²) >= 11 is 0. The third kappa shape index (κ3) is 30.9. The fourth-order valence-corrected chi connectivity index (χ4v) is 6.14. The van der Waals surface area contributed by atoms with Crippen LogP contribution in [-0.4, -0.2) is 19.5 Å². The molecule has 1 rings (SSSR count). The van der Waals surface area contributed by atoms with E-state index in [4.69, 9.17) is 12.2 Å². The molecule has 1 aliphatic heterocycles. The Morgan fingerprint density at radius 2 is 0.878 bits per heavy atom. The normalized spacial score (nSPS) is 17.0. The van der Waals surface area contributed by atoms with Crippen LogP contribution in [0.3, 0.4) is 0 Å². The molecular weight excluding hydrogens is 500 g/mol. The summed E-state index contributed by atoms with van der Waals surface area (Å²) in [7, 11) is 0. The van der Waals surface area contributed by atoms with Crippen molar-refractivity contribution in [2.24, 2.45) is 0 Å². The van der Waals surface area contributed by atoms with Crippen molar-refractivity contribution < 1.29 is 12.2 Å². The highest BCUT2D eigenvalue weighted by Crippen LogP contribution is 2.17. The summed E-state index contributed by atoms with van der Waals surface area (Å²) in [6.45, 7) is 3.60. The number of unbranched alkanes of at least 4 members (excludes halogenated alkanes) is 27. The van der Waals surface area contributed by atoms with Crippen molar-refractivity contribution in [3.8, 4) is 0 Å². The van der Waals surface area contributed by atoms with Crippen LogP contribution in [-0.2, 0) is 9.47 Å². The van der Waals surface area contributed by atoms with Gasteiger partial charge in [-0.05, 0) is 38.5 Å². The minimum Gasteiger partial charge on any atom is -0.353 e. The van der Waals surface area contributed by atoms with E-state index >= 15 is 0 Å². The van der Waals surface area contributed by atoms with Gasteiger partial charge < -0.3 is 9.47 Å². The van der Waals surface area contributed by atoms with Gasteiger partial charge >= 0.3 is 0 Å². The topological polar surface area (TPSA) is 18.5 Å². The maximum Gasteiger partial charge on any atom is 0.157 e. The molecule has 0 aromatic heterocycles. The Bertz CT molecular complexity index is 588. The first-order valence-electron chi connectivity index (χ1n) is 20.1. The van der Waals surface area contributed by atoms with E-state index in [0.29, 0.717) is 25.1 Å². The van der Waals surface area contributed by atoms with Crippen LogP contribution in [0.4, 0.5) is 0 Å². The standard InChI is InChI=1S/C39H76O2/c1-2-3-4-5-6-7-8-9-10-11-12-13-14-15-16-17-18-19-20-21-22-23-24-25-26-27-28-29-30-31-32-34-37-40-39-36-33-35-38-41-39/h31-32,39H,2-30,33-38H2,1H3/b32-31-/i31D,32D. The molecule has 1 saturated heterocycles. The zero-order chi connectivity index (χ0) is 30.9. The fraction of sp³-hybridized carbons (Fsp3) is 0.949. The Labute approximate surface area is 262 Å². The lowest BCUT2D eigenvalue weighted by Gasteiger charge is -2.22. The zero-order valence-electron chi connectivity index (χ0n) is 30.1. The van der Waals surface area contributed by atoms with E-state index in [2.05, 4.69) is 6.92 Å². The van der Waals surface area contributed by atoms with Crippen molar-refractivity contribution in [3.63, 3.8) is 0 Å². The third-order valence-corrected chi connectivity index (χ3v) is 8.95. The average molecular weight is 579 g/mol. The Hall–Kier alpha value is -0.340. The number of hydrogen-bond donors (Lipinski definition) is 0. The van der Waals surface area contributed by atoms with Gasteiger partial charge in [0, 0.05) is 6.61 Å². The van der Waals surface area contributed by atoms with Gasteiger partial charge in [0.2, 0.25) is 0 Å². The predicted molar refractivity (Wildman–Crippen MR) is 183 cm³/mol. The molecule has 0 bridgehead atoms. The molecule has 0 amide bonds. The molecule has 244 valence electrons. The smallest absolute Gasteiger partial charge is 0.157 e. The summed E-state index contributed by atoms with van der Waals surface area (Å²) in [4.78, 5) is 0. The van der Waals surface area contributed by atoms with Crippen molar-refractivity contribution in [3.05, 3.63) is 12.1 Å². The quantitative estimate of drug-likeness (QED) is 0.0569. The number of ether oxygens (including phenoxy) is 2. The summed E-state index contributed by atoms with van der Waals surface area (Å²) in [6, 6.07) is 0.948. The van der Waals surface area contributed by atoms with Gasteiger partial charge in [-0.1, -0.05) is 192 Å². The third-order valence-electron chi connectivity index (χ3n) is 8.95. The van der Waals surface area contributed by atoms with Gasteiger partial charge in [0.15, 0.2) is 6.29 Å². The number of hydrogen-bond acceptors (Lipinski definition) is 2. The molecule has 0 saturated carbocycles. The molecule has 1 fully saturated rings. The maximum absolute atomic E-state index is 8.15. The lowest BCUT2D eigenvalue weighted by Crippen LogP contribution is -2.22. The summed E-state index contributed by atoms with van der Waals surface area (Å²) < 4.78 is 27.5. The Morgan fingerprint density at radius 3 is 1.24 bits per heavy atom. The Kier molecular flexibility index (Phi) is 29.3. The van der Waals surface area contributed by atoms with E-state index in [1.165, 1.54) is 173 Å². The highest BCUT2D eigenvalue weighted by atomic mass is 16.7. The lowest BCUT2D eigenvalue weighted by atomic mass is 10.0. The van der Waals surface area contributed by atoms with E-state index in [-0.39, 0.29) is 6.29 Å². The lowest BCUT2D eigenvalue weighted by molar-refractivity contribution is -0.161. The molecule has 0 spiro atoms. The first-order chi connectivity index (χ1) is 21.2. The molecular formula is C39H76O2. The minimum absolute atomic E-state index is 0.0887. The molecule has 2 heteroatoms. The minimum atomic E-state index is -0.0887.